The molecule has 2 N–H and O–H groups in total. The van der Waals surface area contributed by atoms with Crippen molar-refractivity contribution in [1.82, 2.24) is 24.8 Å². The van der Waals surface area contributed by atoms with Crippen molar-refractivity contribution in [2.24, 2.45) is 0 Å². The molecule has 0 amide bonds. The van der Waals surface area contributed by atoms with E-state index < -0.39 is 6.23 Å². The summed E-state index contributed by atoms with van der Waals surface area (Å²) in [6, 6.07) is 72.0. The Morgan fingerprint density at radius 1 is 0.381 bits per heavy atom. The second-order valence-electron chi connectivity index (χ2n) is 15.9. The average Bonchev–Trinajstić information content (AvgIpc) is 4.19. The molecule has 3 aromatic heterocycles. The lowest BCUT2D eigenvalue weighted by Crippen LogP contribution is -2.30. The van der Waals surface area contributed by atoms with E-state index in [-0.39, 0.29) is 0 Å². The summed E-state index contributed by atoms with van der Waals surface area (Å²) >= 11 is 0. The largest absolute Gasteiger partial charge is 0.452 e. The summed E-state index contributed by atoms with van der Waals surface area (Å²) in [5.41, 5.74) is 16.6. The van der Waals surface area contributed by atoms with E-state index in [1.807, 2.05) is 6.07 Å². The van der Waals surface area contributed by atoms with Gasteiger partial charge in [-0.05, 0) is 69.8 Å². The molecule has 0 radical (unpaired) electrons. The van der Waals surface area contributed by atoms with E-state index in [0.717, 1.165) is 83.7 Å². The summed E-state index contributed by atoms with van der Waals surface area (Å²) in [7, 11) is 0. The van der Waals surface area contributed by atoms with Crippen LogP contribution < -0.4 is 4.74 Å². The Balaban J connectivity index is 1.29. The van der Waals surface area contributed by atoms with Gasteiger partial charge in [-0.3, -0.25) is 4.90 Å². The molecule has 6 nitrogen and oxygen atoms in total. The molecule has 6 heteroatoms. The van der Waals surface area contributed by atoms with Crippen LogP contribution in [-0.4, -0.2) is 24.8 Å². The number of hydrogen-bond donors (Lipinski definition) is 2. The maximum Gasteiger partial charge on any atom is 0.225 e. The van der Waals surface area contributed by atoms with E-state index in [1.54, 1.807) is 0 Å². The van der Waals surface area contributed by atoms with E-state index in [0.29, 0.717) is 19.0 Å². The van der Waals surface area contributed by atoms with Gasteiger partial charge in [0.15, 0.2) is 6.23 Å². The molecule has 302 valence electrons. The summed E-state index contributed by atoms with van der Waals surface area (Å²) in [6.07, 6.45) is 3.70. The van der Waals surface area contributed by atoms with Crippen LogP contribution in [0.25, 0.3) is 78.7 Å². The Morgan fingerprint density at radius 3 is 1.16 bits per heavy atom. The predicted molar refractivity (Wildman–Crippen MR) is 257 cm³/mol. The molecule has 9 aromatic rings. The minimum absolute atomic E-state index is 0.541. The number of nitrogens with zero attached hydrogens (tertiary/aromatic N) is 3. The van der Waals surface area contributed by atoms with Gasteiger partial charge in [-0.1, -0.05) is 182 Å². The third-order valence-electron chi connectivity index (χ3n) is 11.8. The lowest BCUT2D eigenvalue weighted by atomic mass is 10.0. The first-order valence-electron chi connectivity index (χ1n) is 21.4. The van der Waals surface area contributed by atoms with Gasteiger partial charge in [-0.2, -0.15) is 0 Å². The normalized spacial score (nSPS) is 13.3. The fourth-order valence-electron chi connectivity index (χ4n) is 8.90. The average molecular weight is 814 g/mol. The van der Waals surface area contributed by atoms with Crippen molar-refractivity contribution in [3.05, 3.63) is 234 Å². The Bertz CT molecular complexity index is 3200. The van der Waals surface area contributed by atoms with Gasteiger partial charge in [-0.15, -0.1) is 0 Å². The number of fused-ring (bicyclic) bond motifs is 8. The molecule has 5 heterocycles. The van der Waals surface area contributed by atoms with Crippen molar-refractivity contribution in [2.75, 3.05) is 0 Å². The molecule has 8 bridgehead atoms. The molecule has 1 atom stereocenters. The molecule has 11 rings (SSSR count). The van der Waals surface area contributed by atoms with Crippen LogP contribution in [0.5, 0.6) is 5.88 Å². The van der Waals surface area contributed by atoms with Gasteiger partial charge in [0.05, 0.1) is 22.5 Å². The molecular weight excluding hydrogens is 771 g/mol. The fraction of sp³-hybridized carbons (Fsp3) is 0.0526. The van der Waals surface area contributed by atoms with E-state index >= 15 is 0 Å². The number of H-pyrrole nitrogens is 2. The maximum absolute atomic E-state index is 7.44. The topological polar surface area (TPSA) is 69.8 Å². The van der Waals surface area contributed by atoms with Crippen LogP contribution in [0.4, 0.5) is 0 Å². The summed E-state index contributed by atoms with van der Waals surface area (Å²) < 4.78 is 7.44. The molecule has 2 aliphatic rings. The van der Waals surface area contributed by atoms with E-state index in [4.69, 9.17) is 14.7 Å². The van der Waals surface area contributed by atoms with Crippen molar-refractivity contribution in [3.8, 4) is 50.4 Å². The van der Waals surface area contributed by atoms with Crippen molar-refractivity contribution < 1.29 is 4.74 Å². The van der Waals surface area contributed by atoms with Gasteiger partial charge in [0.1, 0.15) is 5.69 Å². The van der Waals surface area contributed by atoms with Gasteiger partial charge in [-0.25, -0.2) is 9.97 Å². The van der Waals surface area contributed by atoms with Crippen molar-refractivity contribution in [1.29, 1.82) is 0 Å². The predicted octanol–water partition coefficient (Wildman–Crippen LogP) is 13.9. The number of aromatic amines is 2. The van der Waals surface area contributed by atoms with E-state index in [2.05, 4.69) is 227 Å². The van der Waals surface area contributed by atoms with E-state index in [1.165, 1.54) is 11.1 Å². The Morgan fingerprint density at radius 2 is 0.730 bits per heavy atom. The first-order chi connectivity index (χ1) is 31.2. The minimum atomic E-state index is -0.575. The van der Waals surface area contributed by atoms with E-state index in [9.17, 15) is 0 Å². The van der Waals surface area contributed by atoms with Gasteiger partial charge in [0.2, 0.25) is 5.88 Å². The van der Waals surface area contributed by atoms with Crippen LogP contribution in [0.3, 0.4) is 0 Å². The first-order valence-corrected chi connectivity index (χ1v) is 21.4. The Hall–Kier alpha value is -8.06. The van der Waals surface area contributed by atoms with Gasteiger partial charge in [0, 0.05) is 46.3 Å². The number of hydrogen-bond acceptors (Lipinski definition) is 4. The molecule has 1 unspecified atom stereocenters. The molecule has 0 fully saturated rings. The monoisotopic (exact) mass is 813 g/mol. The summed E-state index contributed by atoms with van der Waals surface area (Å²) in [6.45, 7) is 1.26. The smallest absolute Gasteiger partial charge is 0.225 e. The van der Waals surface area contributed by atoms with Crippen LogP contribution >= 0.6 is 0 Å². The lowest BCUT2D eigenvalue weighted by Gasteiger charge is -2.29. The summed E-state index contributed by atoms with van der Waals surface area (Å²) in [5.74, 6) is 0.541. The highest BCUT2D eigenvalue weighted by Gasteiger charge is 2.34. The molecule has 0 saturated carbocycles. The highest BCUT2D eigenvalue weighted by molar-refractivity contribution is 5.97. The quantitative estimate of drug-likeness (QED) is 0.152. The van der Waals surface area contributed by atoms with Crippen molar-refractivity contribution in [3.63, 3.8) is 0 Å². The zero-order valence-electron chi connectivity index (χ0n) is 34.5. The molecular formula is C57H43N5O. The third-order valence-corrected chi connectivity index (χ3v) is 11.8. The van der Waals surface area contributed by atoms with Crippen LogP contribution in [0, 0.1) is 0 Å². The maximum atomic E-state index is 7.44. The Labute approximate surface area is 366 Å². The van der Waals surface area contributed by atoms with Gasteiger partial charge >= 0.3 is 0 Å². The standard InChI is InChI=1S/C57H43N5O/c1-7-19-39(20-8-1)37-62(38-40-21-9-2-10-22-40)57-55-53(43-27-15-5-16-28-43)49-35-33-47(59-49)51(41-23-11-3-12-24-41)45-31-32-46(58-45)52(42-25-13-4-14-26-42)48-34-36-50(60-48)54(56(61-55)63-57)44-29-17-6-18-30-44/h1-36,57,59-60H,37-38H2. The van der Waals surface area contributed by atoms with Gasteiger partial charge in [0.25, 0.3) is 0 Å². The molecule has 2 aliphatic heterocycles. The molecule has 6 aromatic carbocycles. The van der Waals surface area contributed by atoms with Crippen LogP contribution in [0.15, 0.2) is 206 Å². The number of nitrogens with one attached hydrogen (secondary N) is 2. The van der Waals surface area contributed by atoms with Crippen LogP contribution in [0.2, 0.25) is 0 Å². The number of benzene rings is 6. The molecule has 0 aliphatic carbocycles. The Kier molecular flexibility index (Phi) is 10.1. The number of aromatic nitrogens is 4. The second-order valence-corrected chi connectivity index (χ2v) is 15.9. The van der Waals surface area contributed by atoms with Crippen LogP contribution in [-0.2, 0) is 13.1 Å². The zero-order chi connectivity index (χ0) is 42.0. The van der Waals surface area contributed by atoms with Crippen molar-refractivity contribution >= 4 is 34.2 Å². The third kappa shape index (κ3) is 7.54. The molecule has 0 spiro atoms. The summed E-state index contributed by atoms with van der Waals surface area (Å²) in [5, 5.41) is 0. The fourth-order valence-corrected chi connectivity index (χ4v) is 8.90. The molecule has 63 heavy (non-hydrogen) atoms. The van der Waals surface area contributed by atoms with Gasteiger partial charge < -0.3 is 14.7 Å². The highest BCUT2D eigenvalue weighted by atomic mass is 16.5. The number of rotatable bonds is 9. The summed E-state index contributed by atoms with van der Waals surface area (Å²) in [4.78, 5) is 21.3. The van der Waals surface area contributed by atoms with Crippen LogP contribution in [0.1, 0.15) is 34.4 Å². The lowest BCUT2D eigenvalue weighted by molar-refractivity contribution is 0.0213. The SMILES string of the molecule is C1=Cc2nc1c(-c1ccccc1)c1ccc([nH]1)c(-c1ccccc1)c1nc(c(-c3ccccc3)c3ccc([nH]3)c2-c2ccccc2)C(N(Cc2ccccc2)Cc2ccccc2)O1. The zero-order valence-corrected chi connectivity index (χ0v) is 34.5. The highest BCUT2D eigenvalue weighted by Crippen LogP contribution is 2.44. The van der Waals surface area contributed by atoms with Crippen molar-refractivity contribution in [2.45, 2.75) is 19.3 Å². The second kappa shape index (κ2) is 16.8. The minimum Gasteiger partial charge on any atom is -0.452 e. The number of ether oxygens (including phenoxy) is 1. The molecule has 0 saturated heterocycles. The first kappa shape index (κ1) is 37.9.